The van der Waals surface area contributed by atoms with Crippen molar-refractivity contribution in [3.8, 4) is 0 Å². The molecule has 0 aliphatic carbocycles. The maximum absolute atomic E-state index is 10.8. The Morgan fingerprint density at radius 3 is 2.62 bits per heavy atom. The van der Waals surface area contributed by atoms with E-state index in [9.17, 15) is 10.1 Å². The number of benzene rings is 1. The Hall–Kier alpha value is -2.27. The Balaban J connectivity index is 1.79. The topological polar surface area (TPSA) is 121 Å². The van der Waals surface area contributed by atoms with Gasteiger partial charge in [0, 0.05) is 38.3 Å². The molecule has 1 aliphatic rings. The zero-order chi connectivity index (χ0) is 20.7. The molecule has 1 heterocycles. The van der Waals surface area contributed by atoms with Crippen molar-refractivity contribution in [2.75, 3.05) is 65.8 Å². The van der Waals surface area contributed by atoms with Gasteiger partial charge in [-0.1, -0.05) is 12.1 Å². The van der Waals surface area contributed by atoms with Gasteiger partial charge in [-0.2, -0.15) is 0 Å². The molecular formula is C19H31N5O5. The lowest BCUT2D eigenvalue weighted by atomic mass is 10.2. The molecule has 1 aromatic rings. The summed E-state index contributed by atoms with van der Waals surface area (Å²) in [7, 11) is 0. The van der Waals surface area contributed by atoms with E-state index in [-0.39, 0.29) is 12.3 Å². The molecule has 0 saturated carbocycles. The molecule has 10 heteroatoms. The van der Waals surface area contributed by atoms with Crippen molar-refractivity contribution < 1.29 is 19.5 Å². The third-order valence-electron chi connectivity index (χ3n) is 4.39. The molecule has 162 valence electrons. The third-order valence-corrected chi connectivity index (χ3v) is 4.39. The van der Waals surface area contributed by atoms with E-state index in [1.165, 1.54) is 12.1 Å². The maximum atomic E-state index is 10.8. The first kappa shape index (κ1) is 23.0. The first-order chi connectivity index (χ1) is 14.2. The first-order valence-electron chi connectivity index (χ1n) is 9.93. The zero-order valence-corrected chi connectivity index (χ0v) is 16.7. The summed E-state index contributed by atoms with van der Waals surface area (Å²) < 4.78 is 10.6. The molecule has 0 atom stereocenters. The predicted molar refractivity (Wildman–Crippen MR) is 110 cm³/mol. The van der Waals surface area contributed by atoms with Crippen LogP contribution in [0.4, 0.5) is 5.69 Å². The number of aliphatic hydroxyl groups is 1. The predicted octanol–water partition coefficient (Wildman–Crippen LogP) is 0.361. The second-order valence-corrected chi connectivity index (χ2v) is 6.59. The van der Waals surface area contributed by atoms with Crippen LogP contribution in [-0.4, -0.2) is 86.6 Å². The first-order valence-corrected chi connectivity index (χ1v) is 9.93. The van der Waals surface area contributed by atoms with Crippen molar-refractivity contribution >= 4 is 11.6 Å². The number of guanidine groups is 1. The van der Waals surface area contributed by atoms with Gasteiger partial charge in [-0.3, -0.25) is 15.0 Å². The minimum atomic E-state index is -0.414. The van der Waals surface area contributed by atoms with Crippen LogP contribution in [-0.2, 0) is 16.0 Å². The number of hydrogen-bond acceptors (Lipinski definition) is 7. The van der Waals surface area contributed by atoms with Gasteiger partial charge in [0.25, 0.3) is 5.69 Å². The average molecular weight is 409 g/mol. The van der Waals surface area contributed by atoms with Crippen LogP contribution < -0.4 is 10.6 Å². The summed E-state index contributed by atoms with van der Waals surface area (Å²) >= 11 is 0. The highest BCUT2D eigenvalue weighted by molar-refractivity contribution is 5.79. The molecule has 0 radical (unpaired) electrons. The molecule has 2 rings (SSSR count). The number of hydrogen-bond donors (Lipinski definition) is 3. The van der Waals surface area contributed by atoms with E-state index in [1.54, 1.807) is 12.1 Å². The number of nitrogens with zero attached hydrogens (tertiary/aromatic N) is 3. The van der Waals surface area contributed by atoms with E-state index >= 15 is 0 Å². The smallest absolute Gasteiger partial charge is 0.269 e. The van der Waals surface area contributed by atoms with Crippen LogP contribution >= 0.6 is 0 Å². The second kappa shape index (κ2) is 13.8. The lowest BCUT2D eigenvalue weighted by Gasteiger charge is -2.26. The highest BCUT2D eigenvalue weighted by Gasteiger charge is 2.09. The van der Waals surface area contributed by atoms with Crippen molar-refractivity contribution in [1.29, 1.82) is 0 Å². The fraction of sp³-hybridized carbons (Fsp3) is 0.632. The van der Waals surface area contributed by atoms with Gasteiger partial charge < -0.3 is 25.2 Å². The monoisotopic (exact) mass is 409 g/mol. The fourth-order valence-electron chi connectivity index (χ4n) is 2.81. The Bertz CT molecular complexity index is 620. The minimum Gasteiger partial charge on any atom is -0.394 e. The number of rotatable bonds is 12. The molecule has 29 heavy (non-hydrogen) atoms. The van der Waals surface area contributed by atoms with Crippen LogP contribution in [0.2, 0.25) is 0 Å². The summed E-state index contributed by atoms with van der Waals surface area (Å²) in [5, 5.41) is 26.0. The van der Waals surface area contributed by atoms with Gasteiger partial charge in [0.2, 0.25) is 0 Å². The fourth-order valence-corrected chi connectivity index (χ4v) is 2.81. The van der Waals surface area contributed by atoms with E-state index in [4.69, 9.17) is 14.6 Å². The number of non-ortho nitro benzene ring substituents is 1. The normalized spacial score (nSPS) is 15.3. The van der Waals surface area contributed by atoms with Gasteiger partial charge in [-0.05, 0) is 18.5 Å². The number of morpholine rings is 1. The van der Waals surface area contributed by atoms with Crippen molar-refractivity contribution in [2.24, 2.45) is 4.99 Å². The summed E-state index contributed by atoms with van der Waals surface area (Å²) in [5.74, 6) is 0.665. The highest BCUT2D eigenvalue weighted by Crippen LogP contribution is 2.12. The molecule has 1 aliphatic heterocycles. The average Bonchev–Trinajstić information content (AvgIpc) is 2.75. The second-order valence-electron chi connectivity index (χ2n) is 6.59. The van der Waals surface area contributed by atoms with Crippen molar-refractivity contribution in [2.45, 2.75) is 13.0 Å². The van der Waals surface area contributed by atoms with Crippen LogP contribution in [0.3, 0.4) is 0 Å². The minimum absolute atomic E-state index is 0.000873. The standard InChI is InChI=1S/C19H31N5O5/c25-11-15-28-12-7-21-19(20-6-1-8-23-9-13-29-14-10-23)22-16-17-2-4-18(5-3-17)24(26)27/h2-5,25H,1,6-16H2,(H2,20,21,22). The van der Waals surface area contributed by atoms with Gasteiger partial charge in [0.15, 0.2) is 5.96 Å². The third kappa shape index (κ3) is 9.66. The lowest BCUT2D eigenvalue weighted by molar-refractivity contribution is -0.384. The Labute approximate surface area is 171 Å². The molecule has 1 saturated heterocycles. The van der Waals surface area contributed by atoms with Crippen LogP contribution in [0.15, 0.2) is 29.3 Å². The molecular weight excluding hydrogens is 378 g/mol. The van der Waals surface area contributed by atoms with Gasteiger partial charge in [0.05, 0.1) is 44.5 Å². The lowest BCUT2D eigenvalue weighted by Crippen LogP contribution is -2.41. The summed E-state index contributed by atoms with van der Waals surface area (Å²) in [6, 6.07) is 6.39. The van der Waals surface area contributed by atoms with E-state index in [0.717, 1.165) is 51.4 Å². The van der Waals surface area contributed by atoms with Gasteiger partial charge in [-0.25, -0.2) is 4.99 Å². The summed E-state index contributed by atoms with van der Waals surface area (Å²) in [5.41, 5.74) is 0.958. The molecule has 3 N–H and O–H groups in total. The van der Waals surface area contributed by atoms with Crippen LogP contribution in [0, 0.1) is 10.1 Å². The molecule has 0 unspecified atom stereocenters. The Morgan fingerprint density at radius 1 is 1.21 bits per heavy atom. The quantitative estimate of drug-likeness (QED) is 0.149. The number of nitro benzene ring substituents is 1. The SMILES string of the molecule is O=[N+]([O-])c1ccc(CN=C(NCCCN2CCOCC2)NCCOCCO)cc1. The number of nitrogens with one attached hydrogen (secondary N) is 2. The molecule has 0 aromatic heterocycles. The van der Waals surface area contributed by atoms with Gasteiger partial charge in [0.1, 0.15) is 0 Å². The zero-order valence-electron chi connectivity index (χ0n) is 16.7. The molecule has 10 nitrogen and oxygen atoms in total. The van der Waals surface area contributed by atoms with Crippen LogP contribution in [0.5, 0.6) is 0 Å². The summed E-state index contributed by atoms with van der Waals surface area (Å²) in [4.78, 5) is 17.3. The van der Waals surface area contributed by atoms with Crippen molar-refractivity contribution in [3.63, 3.8) is 0 Å². The number of nitro groups is 1. The van der Waals surface area contributed by atoms with Gasteiger partial charge >= 0.3 is 0 Å². The molecule has 0 amide bonds. The molecule has 0 bridgehead atoms. The van der Waals surface area contributed by atoms with Crippen LogP contribution in [0.1, 0.15) is 12.0 Å². The number of aliphatic imine (C=N–C) groups is 1. The molecule has 1 aromatic carbocycles. The van der Waals surface area contributed by atoms with E-state index < -0.39 is 4.92 Å². The number of aliphatic hydroxyl groups excluding tert-OH is 1. The van der Waals surface area contributed by atoms with Crippen LogP contribution in [0.25, 0.3) is 0 Å². The Kier molecular flexibility index (Phi) is 11.0. The van der Waals surface area contributed by atoms with E-state index in [1.807, 2.05) is 0 Å². The van der Waals surface area contributed by atoms with E-state index in [0.29, 0.717) is 32.3 Å². The van der Waals surface area contributed by atoms with Crippen molar-refractivity contribution in [1.82, 2.24) is 15.5 Å². The molecule has 1 fully saturated rings. The largest absolute Gasteiger partial charge is 0.394 e. The highest BCUT2D eigenvalue weighted by atomic mass is 16.6. The van der Waals surface area contributed by atoms with Gasteiger partial charge in [-0.15, -0.1) is 0 Å². The van der Waals surface area contributed by atoms with Crippen molar-refractivity contribution in [3.05, 3.63) is 39.9 Å². The number of ether oxygens (including phenoxy) is 2. The molecule has 0 spiro atoms. The van der Waals surface area contributed by atoms with E-state index in [2.05, 4.69) is 20.5 Å². The summed E-state index contributed by atoms with van der Waals surface area (Å²) in [6.07, 6.45) is 0.985. The maximum Gasteiger partial charge on any atom is 0.269 e. The summed E-state index contributed by atoms with van der Waals surface area (Å²) in [6.45, 7) is 7.08. The Morgan fingerprint density at radius 2 is 1.93 bits per heavy atom.